The summed E-state index contributed by atoms with van der Waals surface area (Å²) < 4.78 is 7.30. The third kappa shape index (κ3) is 8.41. The fourth-order valence-electron chi connectivity index (χ4n) is 6.01. The molecule has 0 bridgehead atoms. The molecule has 17 nitrogen and oxygen atoms in total. The van der Waals surface area contributed by atoms with Crippen LogP contribution in [0.15, 0.2) is 48.5 Å². The summed E-state index contributed by atoms with van der Waals surface area (Å²) >= 11 is 0. The second kappa shape index (κ2) is 16.3. The molecule has 0 spiro atoms. The van der Waals surface area contributed by atoms with E-state index in [0.29, 0.717) is 78.2 Å². The number of hydrogen-bond acceptors (Lipinski definition) is 10. The number of anilines is 2. The van der Waals surface area contributed by atoms with Crippen LogP contribution in [0.4, 0.5) is 11.9 Å². The Hall–Kier alpha value is -6.36. The minimum Gasteiger partial charge on any atom is -0.366 e. The number of carbonyl (C=O) groups is 4. The van der Waals surface area contributed by atoms with Crippen LogP contribution in [0.25, 0.3) is 22.1 Å². The van der Waals surface area contributed by atoms with Gasteiger partial charge < -0.3 is 30.8 Å². The van der Waals surface area contributed by atoms with Gasteiger partial charge in [0.1, 0.15) is 11.4 Å². The van der Waals surface area contributed by atoms with E-state index in [-0.39, 0.29) is 5.91 Å². The second-order valence-corrected chi connectivity index (χ2v) is 12.4. The molecule has 0 fully saturated rings. The van der Waals surface area contributed by atoms with Gasteiger partial charge in [-0.2, -0.15) is 10.2 Å². The van der Waals surface area contributed by atoms with Crippen molar-refractivity contribution >= 4 is 58.0 Å². The first-order valence-corrected chi connectivity index (χ1v) is 17.2. The Labute approximate surface area is 305 Å². The summed E-state index contributed by atoms with van der Waals surface area (Å²) in [5.74, 6) is -0.333. The fourth-order valence-corrected chi connectivity index (χ4v) is 6.01. The number of amides is 3. The first-order chi connectivity index (χ1) is 25.4. The number of nitrogens with two attached hydrogens (primary N) is 2. The van der Waals surface area contributed by atoms with Gasteiger partial charge in [0.25, 0.3) is 5.91 Å². The van der Waals surface area contributed by atoms with Crippen LogP contribution >= 0.6 is 0 Å². The van der Waals surface area contributed by atoms with Gasteiger partial charge >= 0.3 is 0 Å². The third-order valence-electron chi connectivity index (χ3n) is 8.71. The van der Waals surface area contributed by atoms with E-state index >= 15 is 0 Å². The minimum absolute atomic E-state index is 0.325. The molecule has 4 heterocycles. The van der Waals surface area contributed by atoms with Crippen molar-refractivity contribution in [2.45, 2.75) is 53.9 Å². The molecule has 0 atom stereocenters. The lowest BCUT2D eigenvalue weighted by molar-refractivity contribution is 0.0992. The van der Waals surface area contributed by atoms with E-state index < -0.39 is 11.8 Å². The van der Waals surface area contributed by atoms with E-state index in [9.17, 15) is 19.2 Å². The molecule has 0 aliphatic rings. The number of rotatable bonds is 14. The monoisotopic (exact) mass is 723 g/mol. The van der Waals surface area contributed by atoms with Crippen molar-refractivity contribution in [3.63, 3.8) is 0 Å². The Morgan fingerprint density at radius 1 is 0.774 bits per heavy atom. The molecule has 6 rings (SSSR count). The molecule has 0 unspecified atom stereocenters. The molecule has 278 valence electrons. The highest BCUT2D eigenvalue weighted by Crippen LogP contribution is 2.23. The summed E-state index contributed by atoms with van der Waals surface area (Å²) in [5, 5.41) is 14.5. The lowest BCUT2D eigenvalue weighted by Gasteiger charge is -2.19. The van der Waals surface area contributed by atoms with E-state index in [1.165, 1.54) is 0 Å². The van der Waals surface area contributed by atoms with Crippen molar-refractivity contribution in [2.75, 3.05) is 37.8 Å². The van der Waals surface area contributed by atoms with Crippen LogP contribution < -0.4 is 22.1 Å². The SMILES string of the molecule is CCn1nc(C)cc1C(=O)Nc1nc2cc(C(N)=O)ccc2n1CCN(C)CCn1c(NC)nc2cc(C(N)=O)ccc21.CCn1nc(C)cc1C=O. The number of carbonyl (C=O) groups excluding carboxylic acids is 4. The molecule has 0 saturated heterocycles. The lowest BCUT2D eigenvalue weighted by Crippen LogP contribution is -2.28. The summed E-state index contributed by atoms with van der Waals surface area (Å²) in [5.41, 5.74) is 17.3. The summed E-state index contributed by atoms with van der Waals surface area (Å²) in [6.07, 6.45) is 0.823. The molecule has 17 heteroatoms. The van der Waals surface area contributed by atoms with Gasteiger partial charge in [-0.3, -0.25) is 33.9 Å². The van der Waals surface area contributed by atoms with Crippen molar-refractivity contribution in [3.8, 4) is 0 Å². The number of nitrogens with one attached hydrogen (secondary N) is 2. The van der Waals surface area contributed by atoms with Gasteiger partial charge in [0.05, 0.1) is 33.5 Å². The summed E-state index contributed by atoms with van der Waals surface area (Å²) in [7, 11) is 3.81. The van der Waals surface area contributed by atoms with Gasteiger partial charge in [0, 0.05) is 57.4 Å². The smallest absolute Gasteiger partial charge is 0.276 e. The highest BCUT2D eigenvalue weighted by atomic mass is 16.2. The molecule has 2 aromatic carbocycles. The van der Waals surface area contributed by atoms with Gasteiger partial charge in [-0.1, -0.05) is 0 Å². The molecule has 0 radical (unpaired) electrons. The Kier molecular flexibility index (Phi) is 11.7. The summed E-state index contributed by atoms with van der Waals surface area (Å²) in [6, 6.07) is 13.8. The molecule has 53 heavy (non-hydrogen) atoms. The van der Waals surface area contributed by atoms with Gasteiger partial charge in [-0.25, -0.2) is 9.97 Å². The first-order valence-electron chi connectivity index (χ1n) is 17.2. The van der Waals surface area contributed by atoms with Gasteiger partial charge in [-0.05, 0) is 83.3 Å². The molecule has 0 aliphatic carbocycles. The van der Waals surface area contributed by atoms with Crippen LogP contribution in [0.3, 0.4) is 0 Å². The predicted molar refractivity (Wildman–Crippen MR) is 202 cm³/mol. The number of primary amides is 2. The van der Waals surface area contributed by atoms with Crippen LogP contribution in [0, 0.1) is 13.8 Å². The number of likely N-dealkylation sites (N-methyl/N-ethyl adjacent to an activating group) is 1. The van der Waals surface area contributed by atoms with Crippen LogP contribution in [-0.4, -0.2) is 94.8 Å². The molecule has 6 aromatic rings. The van der Waals surface area contributed by atoms with Crippen LogP contribution in [0.2, 0.25) is 0 Å². The Morgan fingerprint density at radius 3 is 1.77 bits per heavy atom. The normalized spacial score (nSPS) is 11.2. The standard InChI is InChI=1S/C29H35N11O3.C7H10N2O/c1-5-40-24(14-17(2)36-40)27(43)35-29-34-21-16-19(26(31)42)7-9-23(21)39(29)13-11-37(4)10-12-38-22-8-6-18(25(30)41)15-20(22)33-28(38)32-3;1-3-9-7(5-10)4-6(2)8-9/h6-9,14-16H,5,10-13H2,1-4H3,(H2,30,41)(H2,31,42)(H,32,33)(H,34,35,43);4-5H,3H2,1-2H3. The molecule has 6 N–H and O–H groups in total. The van der Waals surface area contributed by atoms with Gasteiger partial charge in [-0.15, -0.1) is 0 Å². The Bertz CT molecular complexity index is 2290. The number of benzene rings is 2. The highest BCUT2D eigenvalue weighted by Gasteiger charge is 2.20. The number of aryl methyl sites for hydroxylation is 4. The van der Waals surface area contributed by atoms with E-state index in [2.05, 4.69) is 40.3 Å². The number of hydrogen-bond donors (Lipinski definition) is 4. The van der Waals surface area contributed by atoms with Crippen molar-refractivity contribution in [1.29, 1.82) is 0 Å². The number of imidazole rings is 2. The van der Waals surface area contributed by atoms with Gasteiger partial charge in [0.2, 0.25) is 23.7 Å². The number of fused-ring (bicyclic) bond motifs is 2. The number of nitrogens with zero attached hydrogens (tertiary/aromatic N) is 9. The molecule has 0 saturated carbocycles. The maximum absolute atomic E-state index is 13.3. The Morgan fingerprint density at radius 2 is 1.28 bits per heavy atom. The largest absolute Gasteiger partial charge is 0.366 e. The van der Waals surface area contributed by atoms with Crippen LogP contribution in [-0.2, 0) is 26.2 Å². The van der Waals surface area contributed by atoms with E-state index in [1.807, 2.05) is 45.4 Å². The summed E-state index contributed by atoms with van der Waals surface area (Å²) in [4.78, 5) is 58.4. The van der Waals surface area contributed by atoms with E-state index in [4.69, 9.17) is 11.5 Å². The Balaban J connectivity index is 0.000000469. The average Bonchev–Trinajstić information content (AvgIpc) is 3.90. The molecular formula is C36H45N13O4. The quantitative estimate of drug-likeness (QED) is 0.120. The van der Waals surface area contributed by atoms with Crippen molar-refractivity contribution in [3.05, 3.63) is 82.4 Å². The van der Waals surface area contributed by atoms with Gasteiger partial charge in [0.15, 0.2) is 6.29 Å². The summed E-state index contributed by atoms with van der Waals surface area (Å²) in [6.45, 7) is 11.4. The molecule has 0 aliphatic heterocycles. The predicted octanol–water partition coefficient (Wildman–Crippen LogP) is 3.06. The van der Waals surface area contributed by atoms with Crippen molar-refractivity contribution in [2.24, 2.45) is 11.5 Å². The molecule has 4 aromatic heterocycles. The average molecular weight is 724 g/mol. The highest BCUT2D eigenvalue weighted by molar-refractivity contribution is 6.03. The van der Waals surface area contributed by atoms with Crippen molar-refractivity contribution in [1.82, 2.24) is 43.6 Å². The maximum Gasteiger partial charge on any atom is 0.276 e. The number of aldehydes is 1. The topological polar surface area (TPSA) is 219 Å². The zero-order valence-electron chi connectivity index (χ0n) is 30.8. The van der Waals surface area contributed by atoms with Crippen molar-refractivity contribution < 1.29 is 19.2 Å². The third-order valence-corrected chi connectivity index (χ3v) is 8.71. The van der Waals surface area contributed by atoms with Crippen LogP contribution in [0.1, 0.15) is 66.9 Å². The zero-order valence-corrected chi connectivity index (χ0v) is 30.8. The van der Waals surface area contributed by atoms with Crippen LogP contribution in [0.5, 0.6) is 0 Å². The zero-order chi connectivity index (χ0) is 38.4. The van der Waals surface area contributed by atoms with E-state index in [0.717, 1.165) is 35.3 Å². The fraction of sp³-hybridized carbons (Fsp3) is 0.333. The second-order valence-electron chi connectivity index (χ2n) is 12.4. The molecule has 3 amide bonds. The lowest BCUT2D eigenvalue weighted by atomic mass is 10.2. The molecular weight excluding hydrogens is 678 g/mol. The van der Waals surface area contributed by atoms with E-state index in [1.54, 1.807) is 58.9 Å². The number of aromatic nitrogens is 8. The maximum atomic E-state index is 13.3. The first kappa shape index (κ1) is 37.9. The minimum atomic E-state index is -0.553.